The van der Waals surface area contributed by atoms with E-state index in [4.69, 9.17) is 14.4 Å². The number of benzene rings is 2. The van der Waals surface area contributed by atoms with Crippen LogP contribution in [0.25, 0.3) is 0 Å². The summed E-state index contributed by atoms with van der Waals surface area (Å²) < 4.78 is 11.0. The molecule has 0 radical (unpaired) electrons. The molecule has 0 saturated heterocycles. The Bertz CT molecular complexity index is 896. The van der Waals surface area contributed by atoms with Crippen molar-refractivity contribution in [1.82, 2.24) is 0 Å². The lowest BCUT2D eigenvalue weighted by Crippen LogP contribution is -2.42. The normalized spacial score (nSPS) is 18.6. The standard InChI is InChI=1S/C21H22O6/c1-13-9-10-17-15(11-13)19(23)14-7-5-6-8-16(14)21(17,27-24)25-12-18(22)26-20(2,3)4/h5-11,24H,12H2,1-4H3. The van der Waals surface area contributed by atoms with Gasteiger partial charge >= 0.3 is 5.97 Å². The Morgan fingerprint density at radius 2 is 1.74 bits per heavy atom. The fourth-order valence-electron chi connectivity index (χ4n) is 3.20. The first-order valence-corrected chi connectivity index (χ1v) is 8.61. The highest BCUT2D eigenvalue weighted by atomic mass is 17.1. The fourth-order valence-corrected chi connectivity index (χ4v) is 3.20. The van der Waals surface area contributed by atoms with Crippen molar-refractivity contribution in [3.05, 3.63) is 70.3 Å². The van der Waals surface area contributed by atoms with Crippen LogP contribution in [0.15, 0.2) is 42.5 Å². The maximum atomic E-state index is 12.9. The first-order valence-electron chi connectivity index (χ1n) is 8.61. The molecule has 0 amide bonds. The van der Waals surface area contributed by atoms with Gasteiger partial charge < -0.3 is 9.47 Å². The van der Waals surface area contributed by atoms with Crippen molar-refractivity contribution in [3.63, 3.8) is 0 Å². The van der Waals surface area contributed by atoms with Crippen LogP contribution in [0.3, 0.4) is 0 Å². The van der Waals surface area contributed by atoms with E-state index >= 15 is 0 Å². The van der Waals surface area contributed by atoms with Crippen LogP contribution < -0.4 is 0 Å². The van der Waals surface area contributed by atoms with Gasteiger partial charge in [0.15, 0.2) is 5.78 Å². The summed E-state index contributed by atoms with van der Waals surface area (Å²) in [7, 11) is 0. The fraction of sp³-hybridized carbons (Fsp3) is 0.333. The molecule has 2 aromatic carbocycles. The predicted molar refractivity (Wildman–Crippen MR) is 97.3 cm³/mol. The van der Waals surface area contributed by atoms with Crippen molar-refractivity contribution >= 4 is 11.8 Å². The maximum Gasteiger partial charge on any atom is 0.332 e. The minimum Gasteiger partial charge on any atom is -0.458 e. The quantitative estimate of drug-likeness (QED) is 0.383. The topological polar surface area (TPSA) is 82.1 Å². The highest BCUT2D eigenvalue weighted by Crippen LogP contribution is 2.43. The zero-order valence-corrected chi connectivity index (χ0v) is 15.7. The van der Waals surface area contributed by atoms with Crippen LogP contribution in [0.1, 0.15) is 53.4 Å². The number of carbonyl (C=O) groups is 2. The summed E-state index contributed by atoms with van der Waals surface area (Å²) >= 11 is 0. The van der Waals surface area contributed by atoms with E-state index in [0.717, 1.165) is 5.56 Å². The number of hydrogen-bond acceptors (Lipinski definition) is 6. The van der Waals surface area contributed by atoms with Crippen LogP contribution in [0.2, 0.25) is 0 Å². The van der Waals surface area contributed by atoms with E-state index in [0.29, 0.717) is 22.3 Å². The van der Waals surface area contributed by atoms with E-state index in [1.165, 1.54) is 0 Å². The molecule has 0 heterocycles. The van der Waals surface area contributed by atoms with Crippen molar-refractivity contribution in [2.75, 3.05) is 6.61 Å². The number of ketones is 1. The molecule has 1 atom stereocenters. The van der Waals surface area contributed by atoms with Gasteiger partial charge in [-0.15, -0.1) is 0 Å². The predicted octanol–water partition coefficient (Wildman–Crippen LogP) is 3.59. The molecule has 27 heavy (non-hydrogen) atoms. The van der Waals surface area contributed by atoms with Gasteiger partial charge in [0, 0.05) is 22.3 Å². The van der Waals surface area contributed by atoms with E-state index < -0.39 is 24.0 Å². The molecule has 1 aliphatic carbocycles. The largest absolute Gasteiger partial charge is 0.458 e. The zero-order chi connectivity index (χ0) is 19.8. The van der Waals surface area contributed by atoms with E-state index in [2.05, 4.69) is 0 Å². The third-order valence-electron chi connectivity index (χ3n) is 4.24. The molecule has 2 aromatic rings. The number of carbonyl (C=O) groups excluding carboxylic acids is 2. The van der Waals surface area contributed by atoms with Crippen molar-refractivity contribution in [2.24, 2.45) is 0 Å². The molecule has 1 N–H and O–H groups in total. The molecule has 1 unspecified atom stereocenters. The number of ether oxygens (including phenoxy) is 2. The maximum absolute atomic E-state index is 12.9. The Labute approximate surface area is 157 Å². The van der Waals surface area contributed by atoms with E-state index in [1.807, 2.05) is 6.92 Å². The lowest BCUT2D eigenvalue weighted by Gasteiger charge is -2.36. The van der Waals surface area contributed by atoms with Gasteiger partial charge in [-0.3, -0.25) is 4.79 Å². The summed E-state index contributed by atoms with van der Waals surface area (Å²) in [5.41, 5.74) is 1.56. The molecule has 142 valence electrons. The summed E-state index contributed by atoms with van der Waals surface area (Å²) in [4.78, 5) is 29.9. The molecular formula is C21H22O6. The van der Waals surface area contributed by atoms with Gasteiger partial charge in [0.25, 0.3) is 5.79 Å². The zero-order valence-electron chi connectivity index (χ0n) is 15.7. The Hall–Kier alpha value is -2.54. The summed E-state index contributed by atoms with van der Waals surface area (Å²) in [6.07, 6.45) is 0. The van der Waals surface area contributed by atoms with E-state index in [9.17, 15) is 14.8 Å². The average molecular weight is 370 g/mol. The summed E-state index contributed by atoms with van der Waals surface area (Å²) in [5, 5.41) is 9.85. The Morgan fingerprint density at radius 3 is 2.41 bits per heavy atom. The molecular weight excluding hydrogens is 348 g/mol. The number of hydrogen-bond donors (Lipinski definition) is 1. The molecule has 0 aromatic heterocycles. The first-order chi connectivity index (χ1) is 12.7. The second kappa shape index (κ2) is 6.88. The smallest absolute Gasteiger partial charge is 0.332 e. The lowest BCUT2D eigenvalue weighted by molar-refractivity contribution is -0.395. The van der Waals surface area contributed by atoms with Crippen LogP contribution in [-0.4, -0.2) is 29.2 Å². The molecule has 0 aliphatic heterocycles. The third-order valence-corrected chi connectivity index (χ3v) is 4.24. The van der Waals surface area contributed by atoms with Gasteiger partial charge in [-0.1, -0.05) is 42.0 Å². The van der Waals surface area contributed by atoms with Crippen molar-refractivity contribution in [1.29, 1.82) is 0 Å². The van der Waals surface area contributed by atoms with Gasteiger partial charge in [-0.2, -0.15) is 4.89 Å². The Morgan fingerprint density at radius 1 is 1.07 bits per heavy atom. The van der Waals surface area contributed by atoms with Gasteiger partial charge in [0.05, 0.1) is 0 Å². The molecule has 0 bridgehead atoms. The number of esters is 1. The molecule has 0 spiro atoms. The number of aryl methyl sites for hydroxylation is 1. The van der Waals surface area contributed by atoms with Crippen LogP contribution in [-0.2, 0) is 24.9 Å². The third kappa shape index (κ3) is 3.51. The van der Waals surface area contributed by atoms with Crippen LogP contribution >= 0.6 is 0 Å². The SMILES string of the molecule is Cc1ccc2c(c1)C(=O)c1ccccc1C2(OO)OCC(=O)OC(C)(C)C. The monoisotopic (exact) mass is 370 g/mol. The molecule has 6 heteroatoms. The molecule has 0 fully saturated rings. The van der Waals surface area contributed by atoms with E-state index in [1.54, 1.807) is 63.2 Å². The van der Waals surface area contributed by atoms with Gasteiger partial charge in [-0.05, 0) is 33.8 Å². The van der Waals surface area contributed by atoms with Crippen molar-refractivity contribution in [2.45, 2.75) is 39.1 Å². The Balaban J connectivity index is 2.07. The highest BCUT2D eigenvalue weighted by molar-refractivity contribution is 6.13. The van der Waals surface area contributed by atoms with Crippen molar-refractivity contribution < 1.29 is 29.2 Å². The Kier molecular flexibility index (Phi) is 4.90. The highest BCUT2D eigenvalue weighted by Gasteiger charge is 2.47. The minimum absolute atomic E-state index is 0.196. The average Bonchev–Trinajstić information content (AvgIpc) is 2.61. The van der Waals surface area contributed by atoms with E-state index in [-0.39, 0.29) is 5.78 Å². The molecule has 6 nitrogen and oxygen atoms in total. The first kappa shape index (κ1) is 19.2. The molecule has 1 aliphatic rings. The molecule has 0 saturated carbocycles. The second-order valence-corrected chi connectivity index (χ2v) is 7.51. The number of rotatable bonds is 4. The second-order valence-electron chi connectivity index (χ2n) is 7.51. The van der Waals surface area contributed by atoms with Gasteiger partial charge in [-0.25, -0.2) is 10.1 Å². The van der Waals surface area contributed by atoms with Crippen LogP contribution in [0, 0.1) is 6.92 Å². The van der Waals surface area contributed by atoms with Crippen LogP contribution in [0.4, 0.5) is 0 Å². The summed E-state index contributed by atoms with van der Waals surface area (Å²) in [6.45, 7) is 6.63. The van der Waals surface area contributed by atoms with Gasteiger partial charge in [0.1, 0.15) is 12.2 Å². The summed E-state index contributed by atoms with van der Waals surface area (Å²) in [5.74, 6) is -2.61. The van der Waals surface area contributed by atoms with Gasteiger partial charge in [0.2, 0.25) is 0 Å². The number of fused-ring (bicyclic) bond motifs is 2. The minimum atomic E-state index is -1.80. The molecule has 3 rings (SSSR count). The summed E-state index contributed by atoms with van der Waals surface area (Å²) in [6, 6.07) is 11.8. The van der Waals surface area contributed by atoms with Crippen LogP contribution in [0.5, 0.6) is 0 Å². The lowest BCUT2D eigenvalue weighted by atomic mass is 9.80. The van der Waals surface area contributed by atoms with Crippen molar-refractivity contribution in [3.8, 4) is 0 Å².